The minimum atomic E-state index is 0.214. The maximum Gasteiger partial charge on any atom is 0.0739 e. The number of nitrogens with zero attached hydrogens (tertiary/aromatic N) is 1. The van der Waals surface area contributed by atoms with E-state index < -0.39 is 0 Å². The van der Waals surface area contributed by atoms with Crippen LogP contribution in [-0.2, 0) is 0 Å². The number of hydrogen-bond donors (Lipinski definition) is 1. The zero-order valence-corrected chi connectivity index (χ0v) is 7.85. The molecule has 2 nitrogen and oxygen atoms in total. The number of nitrogens with one attached hydrogen (secondary N) is 1. The highest BCUT2D eigenvalue weighted by atomic mass is 15.2. The predicted octanol–water partition coefficient (Wildman–Crippen LogP) is 1.49. The molecule has 1 radical (unpaired) electrons. The summed E-state index contributed by atoms with van der Waals surface area (Å²) in [6.45, 7) is 7.62. The first kappa shape index (κ1) is 9.01. The maximum absolute atomic E-state index is 4.50. The van der Waals surface area contributed by atoms with Crippen molar-refractivity contribution in [2.45, 2.75) is 51.7 Å². The molecule has 11 heavy (non-hydrogen) atoms. The van der Waals surface area contributed by atoms with Crippen molar-refractivity contribution in [1.82, 2.24) is 10.6 Å². The maximum atomic E-state index is 4.50. The van der Waals surface area contributed by atoms with E-state index in [1.165, 1.54) is 19.3 Å². The van der Waals surface area contributed by atoms with Gasteiger partial charge in [-0.15, -0.1) is 0 Å². The minimum absolute atomic E-state index is 0.214. The molecule has 1 unspecified atom stereocenters. The summed E-state index contributed by atoms with van der Waals surface area (Å²) in [6, 6.07) is 0. The molecule has 0 bridgehead atoms. The molecule has 0 saturated carbocycles. The molecule has 0 aromatic heterocycles. The zero-order valence-electron chi connectivity index (χ0n) is 7.85. The van der Waals surface area contributed by atoms with Gasteiger partial charge in [0.25, 0.3) is 0 Å². The predicted molar refractivity (Wildman–Crippen MR) is 47.5 cm³/mol. The normalized spacial score (nSPS) is 27.0. The Bertz CT molecular complexity index is 109. The average molecular weight is 155 g/mol. The van der Waals surface area contributed by atoms with Crippen LogP contribution in [0, 0.1) is 0 Å². The fraction of sp³-hybridized carbons (Fsp3) is 1.00. The van der Waals surface area contributed by atoms with E-state index >= 15 is 0 Å². The molecule has 0 amide bonds. The first-order valence-corrected chi connectivity index (χ1v) is 4.52. The summed E-state index contributed by atoms with van der Waals surface area (Å²) in [7, 11) is 0. The Labute approximate surface area is 69.8 Å². The molecular formula is C9H19N2. The van der Waals surface area contributed by atoms with Gasteiger partial charge in [0.1, 0.15) is 0 Å². The summed E-state index contributed by atoms with van der Waals surface area (Å²) in [5.41, 5.74) is 0.214. The van der Waals surface area contributed by atoms with Crippen LogP contribution in [0.15, 0.2) is 0 Å². The molecule has 1 rings (SSSR count). The van der Waals surface area contributed by atoms with E-state index in [1.807, 2.05) is 0 Å². The van der Waals surface area contributed by atoms with Gasteiger partial charge in [-0.25, -0.2) is 5.32 Å². The molecular weight excluding hydrogens is 136 g/mol. The number of hydrogen-bond acceptors (Lipinski definition) is 1. The van der Waals surface area contributed by atoms with E-state index in [0.29, 0.717) is 6.17 Å². The van der Waals surface area contributed by atoms with Gasteiger partial charge < -0.3 is 0 Å². The standard InChI is InChI=1S/C9H19N2/c1-9(2,3)11-8-6-4-5-7-10-8/h8,11H,4-7H2,1-3H3. The molecule has 1 N–H and O–H groups in total. The largest absolute Gasteiger partial charge is 0.296 e. The van der Waals surface area contributed by atoms with E-state index in [-0.39, 0.29) is 5.54 Å². The molecule has 1 aliphatic heterocycles. The monoisotopic (exact) mass is 155 g/mol. The lowest BCUT2D eigenvalue weighted by molar-refractivity contribution is 0.269. The Morgan fingerprint density at radius 3 is 2.45 bits per heavy atom. The Balaban J connectivity index is 2.24. The van der Waals surface area contributed by atoms with E-state index in [2.05, 4.69) is 31.4 Å². The minimum Gasteiger partial charge on any atom is -0.296 e. The van der Waals surface area contributed by atoms with Crippen molar-refractivity contribution in [2.24, 2.45) is 0 Å². The lowest BCUT2D eigenvalue weighted by atomic mass is 10.1. The second-order valence-electron chi connectivity index (χ2n) is 4.31. The van der Waals surface area contributed by atoms with Crippen molar-refractivity contribution in [3.63, 3.8) is 0 Å². The van der Waals surface area contributed by atoms with E-state index in [0.717, 1.165) is 6.54 Å². The summed E-state index contributed by atoms with van der Waals surface area (Å²) >= 11 is 0. The third-order valence-electron chi connectivity index (χ3n) is 1.83. The number of piperidine rings is 1. The van der Waals surface area contributed by atoms with Crippen molar-refractivity contribution in [2.75, 3.05) is 6.54 Å². The third kappa shape index (κ3) is 3.73. The quantitative estimate of drug-likeness (QED) is 0.610. The fourth-order valence-electron chi connectivity index (χ4n) is 1.41. The van der Waals surface area contributed by atoms with Crippen LogP contribution in [0.3, 0.4) is 0 Å². The van der Waals surface area contributed by atoms with Crippen LogP contribution in [0.5, 0.6) is 0 Å². The van der Waals surface area contributed by atoms with Gasteiger partial charge in [0.05, 0.1) is 6.17 Å². The van der Waals surface area contributed by atoms with Crippen LogP contribution in [0.4, 0.5) is 0 Å². The van der Waals surface area contributed by atoms with Crippen LogP contribution in [0.1, 0.15) is 40.0 Å². The molecule has 2 heteroatoms. The molecule has 65 valence electrons. The van der Waals surface area contributed by atoms with E-state index in [4.69, 9.17) is 0 Å². The third-order valence-corrected chi connectivity index (χ3v) is 1.83. The van der Waals surface area contributed by atoms with Gasteiger partial charge in [-0.1, -0.05) is 0 Å². The topological polar surface area (TPSA) is 26.1 Å². The number of rotatable bonds is 1. The van der Waals surface area contributed by atoms with Crippen molar-refractivity contribution < 1.29 is 0 Å². The smallest absolute Gasteiger partial charge is 0.0739 e. The summed E-state index contributed by atoms with van der Waals surface area (Å²) in [6.07, 6.45) is 4.25. The molecule has 0 aromatic rings. The molecule has 1 atom stereocenters. The van der Waals surface area contributed by atoms with Crippen molar-refractivity contribution in [3.05, 3.63) is 0 Å². The summed E-state index contributed by atoms with van der Waals surface area (Å²) < 4.78 is 0. The lowest BCUT2D eigenvalue weighted by Gasteiger charge is -2.30. The Morgan fingerprint density at radius 2 is 2.00 bits per heavy atom. The summed E-state index contributed by atoms with van der Waals surface area (Å²) in [5.74, 6) is 0. The first-order chi connectivity index (χ1) is 5.08. The molecule has 0 spiro atoms. The molecule has 0 aliphatic carbocycles. The molecule has 1 saturated heterocycles. The second kappa shape index (κ2) is 3.55. The van der Waals surface area contributed by atoms with Gasteiger partial charge in [0, 0.05) is 12.1 Å². The van der Waals surface area contributed by atoms with Gasteiger partial charge >= 0.3 is 0 Å². The van der Waals surface area contributed by atoms with Crippen LogP contribution >= 0.6 is 0 Å². The zero-order chi connectivity index (χ0) is 8.32. The lowest BCUT2D eigenvalue weighted by Crippen LogP contribution is -2.49. The van der Waals surface area contributed by atoms with Crippen LogP contribution in [0.2, 0.25) is 0 Å². The van der Waals surface area contributed by atoms with Crippen molar-refractivity contribution in [3.8, 4) is 0 Å². The Kier molecular flexibility index (Phi) is 2.90. The van der Waals surface area contributed by atoms with Crippen molar-refractivity contribution >= 4 is 0 Å². The molecule has 1 fully saturated rings. The fourth-order valence-corrected chi connectivity index (χ4v) is 1.41. The Morgan fingerprint density at radius 1 is 1.27 bits per heavy atom. The molecule has 1 aliphatic rings. The molecule has 0 aromatic carbocycles. The van der Waals surface area contributed by atoms with Gasteiger partial charge in [0.15, 0.2) is 0 Å². The highest BCUT2D eigenvalue weighted by molar-refractivity contribution is 4.78. The van der Waals surface area contributed by atoms with Crippen LogP contribution < -0.4 is 10.6 Å². The van der Waals surface area contributed by atoms with Crippen LogP contribution in [0.25, 0.3) is 0 Å². The van der Waals surface area contributed by atoms with Crippen LogP contribution in [-0.4, -0.2) is 18.2 Å². The summed E-state index contributed by atoms with van der Waals surface area (Å²) in [4.78, 5) is 0. The van der Waals surface area contributed by atoms with E-state index in [1.54, 1.807) is 0 Å². The Hall–Kier alpha value is -0.0800. The van der Waals surface area contributed by atoms with Crippen molar-refractivity contribution in [1.29, 1.82) is 0 Å². The van der Waals surface area contributed by atoms with Gasteiger partial charge in [-0.05, 0) is 40.0 Å². The van der Waals surface area contributed by atoms with E-state index in [9.17, 15) is 0 Å². The highest BCUT2D eigenvalue weighted by Crippen LogP contribution is 2.10. The second-order valence-corrected chi connectivity index (χ2v) is 4.31. The van der Waals surface area contributed by atoms with Gasteiger partial charge in [0.2, 0.25) is 0 Å². The SMILES string of the molecule is CC(C)(C)NC1CCCC[N]1. The van der Waals surface area contributed by atoms with Gasteiger partial charge in [-0.3, -0.25) is 5.32 Å². The van der Waals surface area contributed by atoms with Gasteiger partial charge in [-0.2, -0.15) is 0 Å². The average Bonchev–Trinajstić information content (AvgIpc) is 1.85. The molecule has 1 heterocycles. The first-order valence-electron chi connectivity index (χ1n) is 4.52. The summed E-state index contributed by atoms with van der Waals surface area (Å²) in [5, 5.41) is 8.00. The highest BCUT2D eigenvalue weighted by Gasteiger charge is 2.19.